The molecule has 0 atom stereocenters. The highest BCUT2D eigenvalue weighted by atomic mass is 16.2. The Balaban J connectivity index is 1.28. The molecule has 7 heteroatoms. The van der Waals surface area contributed by atoms with Gasteiger partial charge in [0.25, 0.3) is 0 Å². The van der Waals surface area contributed by atoms with Gasteiger partial charge in [-0.2, -0.15) is 4.98 Å². The van der Waals surface area contributed by atoms with Crippen LogP contribution in [0.5, 0.6) is 0 Å². The van der Waals surface area contributed by atoms with Crippen LogP contribution in [0.15, 0.2) is 12.3 Å². The van der Waals surface area contributed by atoms with E-state index < -0.39 is 0 Å². The van der Waals surface area contributed by atoms with Gasteiger partial charge < -0.3 is 14.7 Å². The number of hydrogen-bond acceptors (Lipinski definition) is 6. The first-order chi connectivity index (χ1) is 12.8. The molecule has 3 aliphatic rings. The Morgan fingerprint density at radius 2 is 1.65 bits per heavy atom. The second kappa shape index (κ2) is 8.20. The van der Waals surface area contributed by atoms with Crippen molar-refractivity contribution in [3.8, 4) is 0 Å². The van der Waals surface area contributed by atoms with E-state index in [9.17, 15) is 4.79 Å². The number of amides is 1. The van der Waals surface area contributed by atoms with Gasteiger partial charge in [0.1, 0.15) is 5.82 Å². The first-order valence-electron chi connectivity index (χ1n) is 10.1. The van der Waals surface area contributed by atoms with E-state index >= 15 is 0 Å². The summed E-state index contributed by atoms with van der Waals surface area (Å²) in [6.07, 6.45) is 7.52. The monoisotopic (exact) mass is 358 g/mol. The summed E-state index contributed by atoms with van der Waals surface area (Å²) < 4.78 is 0. The maximum atomic E-state index is 11.7. The lowest BCUT2D eigenvalue weighted by atomic mass is 10.1. The molecule has 0 unspecified atom stereocenters. The number of rotatable bonds is 5. The molecule has 4 heterocycles. The van der Waals surface area contributed by atoms with Crippen molar-refractivity contribution in [2.45, 2.75) is 32.1 Å². The molecule has 0 saturated carbocycles. The Labute approximate surface area is 156 Å². The van der Waals surface area contributed by atoms with Gasteiger partial charge in [-0.1, -0.05) is 0 Å². The first-order valence-corrected chi connectivity index (χ1v) is 10.1. The van der Waals surface area contributed by atoms with Crippen LogP contribution in [0.1, 0.15) is 32.1 Å². The number of piperazine rings is 1. The van der Waals surface area contributed by atoms with Gasteiger partial charge >= 0.3 is 0 Å². The normalized spacial score (nSPS) is 22.3. The second-order valence-electron chi connectivity index (χ2n) is 7.58. The fourth-order valence-corrected chi connectivity index (χ4v) is 4.16. The molecule has 26 heavy (non-hydrogen) atoms. The summed E-state index contributed by atoms with van der Waals surface area (Å²) in [6.45, 7) is 8.95. The summed E-state index contributed by atoms with van der Waals surface area (Å²) in [6, 6.07) is 2.04. The smallest absolute Gasteiger partial charge is 0.227 e. The summed E-state index contributed by atoms with van der Waals surface area (Å²) >= 11 is 0. The second-order valence-corrected chi connectivity index (χ2v) is 7.58. The summed E-state index contributed by atoms with van der Waals surface area (Å²) in [5.41, 5.74) is 0. The SMILES string of the molecule is O=C1CCCN1CCN1CCN(c2nccc(N3CCCCC3)n2)CC1. The number of carbonyl (C=O) groups excluding carboxylic acids is 1. The van der Waals surface area contributed by atoms with E-state index in [4.69, 9.17) is 4.98 Å². The van der Waals surface area contributed by atoms with Crippen LogP contribution in [-0.2, 0) is 4.79 Å². The number of hydrogen-bond donors (Lipinski definition) is 0. The van der Waals surface area contributed by atoms with E-state index in [0.29, 0.717) is 5.91 Å². The van der Waals surface area contributed by atoms with Gasteiger partial charge in [0.15, 0.2) is 0 Å². The molecule has 3 aliphatic heterocycles. The fraction of sp³-hybridized carbons (Fsp3) is 0.737. The van der Waals surface area contributed by atoms with Gasteiger partial charge in [0.05, 0.1) is 0 Å². The molecule has 0 bridgehead atoms. The molecule has 142 valence electrons. The molecule has 0 spiro atoms. The summed E-state index contributed by atoms with van der Waals surface area (Å²) in [5, 5.41) is 0. The molecule has 0 N–H and O–H groups in total. The highest BCUT2D eigenvalue weighted by Gasteiger charge is 2.23. The minimum Gasteiger partial charge on any atom is -0.356 e. The number of likely N-dealkylation sites (tertiary alicyclic amines) is 1. The molecule has 3 fully saturated rings. The van der Waals surface area contributed by atoms with Gasteiger partial charge in [0.2, 0.25) is 11.9 Å². The van der Waals surface area contributed by atoms with E-state index in [0.717, 1.165) is 83.5 Å². The number of piperidine rings is 1. The fourth-order valence-electron chi connectivity index (χ4n) is 4.16. The maximum absolute atomic E-state index is 11.7. The topological polar surface area (TPSA) is 55.8 Å². The Morgan fingerprint density at radius 3 is 2.38 bits per heavy atom. The van der Waals surface area contributed by atoms with Crippen molar-refractivity contribution in [2.24, 2.45) is 0 Å². The molecule has 1 amide bonds. The van der Waals surface area contributed by atoms with Crippen LogP contribution in [0, 0.1) is 0 Å². The van der Waals surface area contributed by atoms with Crippen molar-refractivity contribution in [3.63, 3.8) is 0 Å². The summed E-state index contributed by atoms with van der Waals surface area (Å²) in [4.78, 5) is 30.2. The third kappa shape index (κ3) is 4.09. The molecule has 1 aromatic heterocycles. The third-order valence-corrected chi connectivity index (χ3v) is 5.82. The van der Waals surface area contributed by atoms with Crippen LogP contribution in [0.25, 0.3) is 0 Å². The van der Waals surface area contributed by atoms with Crippen molar-refractivity contribution in [1.82, 2.24) is 19.8 Å². The van der Waals surface area contributed by atoms with Crippen LogP contribution in [-0.4, -0.2) is 84.6 Å². The maximum Gasteiger partial charge on any atom is 0.227 e. The number of anilines is 2. The van der Waals surface area contributed by atoms with E-state index in [1.165, 1.54) is 19.3 Å². The third-order valence-electron chi connectivity index (χ3n) is 5.82. The van der Waals surface area contributed by atoms with E-state index in [-0.39, 0.29) is 0 Å². The van der Waals surface area contributed by atoms with Crippen LogP contribution in [0.3, 0.4) is 0 Å². The van der Waals surface area contributed by atoms with Crippen LogP contribution < -0.4 is 9.80 Å². The highest BCUT2D eigenvalue weighted by Crippen LogP contribution is 2.20. The van der Waals surface area contributed by atoms with E-state index in [1.807, 2.05) is 17.2 Å². The number of aromatic nitrogens is 2. The zero-order valence-corrected chi connectivity index (χ0v) is 15.6. The lowest BCUT2D eigenvalue weighted by Gasteiger charge is -2.36. The molecular formula is C19H30N6O. The van der Waals surface area contributed by atoms with Gasteiger partial charge in [-0.3, -0.25) is 9.69 Å². The Bertz CT molecular complexity index is 610. The summed E-state index contributed by atoms with van der Waals surface area (Å²) in [7, 11) is 0. The van der Waals surface area contributed by atoms with Crippen molar-refractivity contribution in [3.05, 3.63) is 12.3 Å². The molecule has 0 radical (unpaired) electrons. The molecule has 4 rings (SSSR count). The molecule has 7 nitrogen and oxygen atoms in total. The lowest BCUT2D eigenvalue weighted by molar-refractivity contribution is -0.127. The quantitative estimate of drug-likeness (QED) is 0.789. The molecule has 0 aliphatic carbocycles. The number of nitrogens with zero attached hydrogens (tertiary/aromatic N) is 6. The van der Waals surface area contributed by atoms with Crippen molar-refractivity contribution in [2.75, 3.05) is 68.7 Å². The van der Waals surface area contributed by atoms with Crippen LogP contribution in [0.4, 0.5) is 11.8 Å². The molecule has 0 aromatic carbocycles. The minimum absolute atomic E-state index is 0.326. The standard InChI is InChI=1S/C19H30N6O/c26-18-5-4-10-24(18)14-11-22-12-15-25(16-13-22)19-20-7-6-17(21-19)23-8-2-1-3-9-23/h6-7H,1-5,8-16H2. The van der Waals surface area contributed by atoms with Crippen molar-refractivity contribution >= 4 is 17.7 Å². The largest absolute Gasteiger partial charge is 0.356 e. The van der Waals surface area contributed by atoms with Gasteiger partial charge in [-0.15, -0.1) is 0 Å². The van der Waals surface area contributed by atoms with Gasteiger partial charge in [-0.05, 0) is 31.7 Å². The van der Waals surface area contributed by atoms with Gasteiger partial charge in [0, 0.05) is 71.5 Å². The highest BCUT2D eigenvalue weighted by molar-refractivity contribution is 5.78. The van der Waals surface area contributed by atoms with Crippen LogP contribution >= 0.6 is 0 Å². The first kappa shape index (κ1) is 17.5. The minimum atomic E-state index is 0.326. The Morgan fingerprint density at radius 1 is 0.846 bits per heavy atom. The zero-order valence-electron chi connectivity index (χ0n) is 15.6. The number of carbonyl (C=O) groups is 1. The Hall–Kier alpha value is -1.89. The predicted octanol–water partition coefficient (Wildman–Crippen LogP) is 1.21. The average molecular weight is 358 g/mol. The van der Waals surface area contributed by atoms with Gasteiger partial charge in [-0.25, -0.2) is 4.98 Å². The molecular weight excluding hydrogens is 328 g/mol. The molecule has 3 saturated heterocycles. The zero-order chi connectivity index (χ0) is 17.8. The van der Waals surface area contributed by atoms with E-state index in [1.54, 1.807) is 0 Å². The summed E-state index contributed by atoms with van der Waals surface area (Å²) in [5.74, 6) is 2.26. The van der Waals surface area contributed by atoms with E-state index in [2.05, 4.69) is 19.7 Å². The Kier molecular flexibility index (Phi) is 5.53. The van der Waals surface area contributed by atoms with Crippen molar-refractivity contribution in [1.29, 1.82) is 0 Å². The molecule has 1 aromatic rings. The van der Waals surface area contributed by atoms with Crippen molar-refractivity contribution < 1.29 is 4.79 Å². The average Bonchev–Trinajstić information content (AvgIpc) is 3.12. The predicted molar refractivity (Wildman–Crippen MR) is 103 cm³/mol. The lowest BCUT2D eigenvalue weighted by Crippen LogP contribution is -2.49. The van der Waals surface area contributed by atoms with Crippen LogP contribution in [0.2, 0.25) is 0 Å².